The van der Waals surface area contributed by atoms with E-state index < -0.39 is 6.10 Å². The second-order valence-corrected chi connectivity index (χ2v) is 16.5. The predicted octanol–water partition coefficient (Wildman–Crippen LogP) is 14.7. The summed E-state index contributed by atoms with van der Waals surface area (Å²) in [4.78, 5) is 37.6. The molecule has 314 valence electrons. The third-order valence-corrected chi connectivity index (χ3v) is 10.5. The SMILES string of the molecule is CCCCCCCCCCCCCCCCCCCC(=O)O[C@H](COC(=O)CCCCCCCCCCC)COC(=O)CCCCCCCCC(C)C. The standard InChI is InChI=1S/C47H90O6/c1-5-7-9-11-13-15-16-17-18-19-20-21-22-24-26-32-36-40-47(50)53-44(41-51-45(48)38-34-30-25-23-14-12-10-8-6-2)42-52-46(49)39-35-31-28-27-29-33-37-43(3)4/h43-44H,5-42H2,1-4H3/t44-/m1/s1. The third kappa shape index (κ3) is 41.4. The molecule has 0 aromatic carbocycles. The Kier molecular flexibility index (Phi) is 40.3. The molecule has 0 aromatic heterocycles. The van der Waals surface area contributed by atoms with E-state index in [2.05, 4.69) is 27.7 Å². The minimum absolute atomic E-state index is 0.0648. The normalized spacial score (nSPS) is 11.9. The maximum atomic E-state index is 12.7. The molecule has 0 saturated carbocycles. The van der Waals surface area contributed by atoms with Crippen molar-refractivity contribution < 1.29 is 28.6 Å². The molecular formula is C47H90O6. The van der Waals surface area contributed by atoms with E-state index in [1.54, 1.807) is 0 Å². The van der Waals surface area contributed by atoms with Gasteiger partial charge in [0, 0.05) is 19.3 Å². The third-order valence-electron chi connectivity index (χ3n) is 10.5. The van der Waals surface area contributed by atoms with Gasteiger partial charge < -0.3 is 14.2 Å². The Balaban J connectivity index is 4.25. The predicted molar refractivity (Wildman–Crippen MR) is 224 cm³/mol. The smallest absolute Gasteiger partial charge is 0.306 e. The van der Waals surface area contributed by atoms with Crippen molar-refractivity contribution in [2.45, 2.75) is 265 Å². The van der Waals surface area contributed by atoms with Gasteiger partial charge in [0.05, 0.1) is 0 Å². The van der Waals surface area contributed by atoms with Crippen LogP contribution in [-0.4, -0.2) is 37.2 Å². The van der Waals surface area contributed by atoms with Crippen LogP contribution in [-0.2, 0) is 28.6 Å². The van der Waals surface area contributed by atoms with Crippen molar-refractivity contribution in [3.63, 3.8) is 0 Å². The molecule has 0 fully saturated rings. The number of hydrogen-bond donors (Lipinski definition) is 0. The average molecular weight is 751 g/mol. The summed E-state index contributed by atoms with van der Waals surface area (Å²) in [5.41, 5.74) is 0. The van der Waals surface area contributed by atoms with E-state index in [0.29, 0.717) is 19.3 Å². The molecule has 0 aromatic rings. The van der Waals surface area contributed by atoms with Gasteiger partial charge in [0.1, 0.15) is 13.2 Å². The maximum absolute atomic E-state index is 12.7. The van der Waals surface area contributed by atoms with E-state index in [0.717, 1.165) is 63.7 Å². The fraction of sp³-hybridized carbons (Fsp3) is 0.936. The lowest BCUT2D eigenvalue weighted by Crippen LogP contribution is -2.30. The van der Waals surface area contributed by atoms with Crippen LogP contribution in [0.5, 0.6) is 0 Å². The molecule has 0 spiro atoms. The largest absolute Gasteiger partial charge is 0.462 e. The second-order valence-electron chi connectivity index (χ2n) is 16.5. The molecule has 0 aliphatic carbocycles. The molecule has 0 saturated heterocycles. The first-order valence-corrected chi connectivity index (χ1v) is 23.4. The van der Waals surface area contributed by atoms with Crippen molar-refractivity contribution in [2.75, 3.05) is 13.2 Å². The first-order valence-electron chi connectivity index (χ1n) is 23.4. The minimum atomic E-state index is -0.759. The first kappa shape index (κ1) is 51.4. The summed E-state index contributed by atoms with van der Waals surface area (Å²) in [7, 11) is 0. The van der Waals surface area contributed by atoms with E-state index in [4.69, 9.17) is 14.2 Å². The van der Waals surface area contributed by atoms with Crippen molar-refractivity contribution in [2.24, 2.45) is 5.92 Å². The Hall–Kier alpha value is -1.59. The Morgan fingerprint density at radius 3 is 0.925 bits per heavy atom. The Bertz CT molecular complexity index is 796. The second kappa shape index (κ2) is 41.6. The zero-order chi connectivity index (χ0) is 38.9. The van der Waals surface area contributed by atoms with E-state index in [1.165, 1.54) is 154 Å². The van der Waals surface area contributed by atoms with E-state index in [9.17, 15) is 14.4 Å². The van der Waals surface area contributed by atoms with Gasteiger partial charge in [0.2, 0.25) is 0 Å². The molecule has 0 aliphatic rings. The van der Waals surface area contributed by atoms with Gasteiger partial charge in [-0.25, -0.2) is 0 Å². The van der Waals surface area contributed by atoms with E-state index in [-0.39, 0.29) is 31.1 Å². The van der Waals surface area contributed by atoms with Crippen LogP contribution in [0.3, 0.4) is 0 Å². The van der Waals surface area contributed by atoms with E-state index >= 15 is 0 Å². The Labute approximate surface area is 329 Å². The van der Waals surface area contributed by atoms with Crippen LogP contribution >= 0.6 is 0 Å². The average Bonchev–Trinajstić information content (AvgIpc) is 3.14. The highest BCUT2D eigenvalue weighted by Gasteiger charge is 2.19. The number of carbonyl (C=O) groups is 3. The number of hydrogen-bond acceptors (Lipinski definition) is 6. The van der Waals surface area contributed by atoms with Crippen LogP contribution in [0, 0.1) is 5.92 Å². The van der Waals surface area contributed by atoms with Gasteiger partial charge in [0.25, 0.3) is 0 Å². The Morgan fingerprint density at radius 2 is 0.623 bits per heavy atom. The molecule has 0 amide bonds. The van der Waals surface area contributed by atoms with Crippen molar-refractivity contribution in [3.8, 4) is 0 Å². The molecule has 6 nitrogen and oxygen atoms in total. The zero-order valence-corrected chi connectivity index (χ0v) is 36.0. The highest BCUT2D eigenvalue weighted by atomic mass is 16.6. The summed E-state index contributed by atoms with van der Waals surface area (Å²) < 4.78 is 16.7. The number of unbranched alkanes of at least 4 members (excludes halogenated alkanes) is 29. The molecule has 0 N–H and O–H groups in total. The molecule has 1 atom stereocenters. The molecule has 0 heterocycles. The fourth-order valence-corrected chi connectivity index (χ4v) is 6.98. The Morgan fingerprint density at radius 1 is 0.358 bits per heavy atom. The summed E-state index contributed by atoms with van der Waals surface area (Å²) >= 11 is 0. The monoisotopic (exact) mass is 751 g/mol. The molecular weight excluding hydrogens is 661 g/mol. The van der Waals surface area contributed by atoms with E-state index in [1.807, 2.05) is 0 Å². The molecule has 0 aliphatic heterocycles. The molecule has 6 heteroatoms. The molecule has 0 rings (SSSR count). The summed E-state index contributed by atoms with van der Waals surface area (Å²) in [6.45, 7) is 8.92. The van der Waals surface area contributed by atoms with Gasteiger partial charge in [-0.1, -0.05) is 220 Å². The number of rotatable bonds is 42. The van der Waals surface area contributed by atoms with Crippen molar-refractivity contribution in [1.29, 1.82) is 0 Å². The summed E-state index contributed by atoms with van der Waals surface area (Å²) in [6, 6.07) is 0. The number of ether oxygens (including phenoxy) is 3. The number of carbonyl (C=O) groups excluding carboxylic acids is 3. The summed E-state index contributed by atoms with van der Waals surface area (Å²) in [5.74, 6) is -0.0962. The van der Waals surface area contributed by atoms with Gasteiger partial charge >= 0.3 is 17.9 Å². The van der Waals surface area contributed by atoms with Crippen LogP contribution in [0.25, 0.3) is 0 Å². The minimum Gasteiger partial charge on any atom is -0.462 e. The lowest BCUT2D eigenvalue weighted by molar-refractivity contribution is -0.167. The lowest BCUT2D eigenvalue weighted by Gasteiger charge is -2.18. The molecule has 0 unspecified atom stereocenters. The van der Waals surface area contributed by atoms with Gasteiger partial charge in [-0.2, -0.15) is 0 Å². The van der Waals surface area contributed by atoms with Crippen molar-refractivity contribution in [1.82, 2.24) is 0 Å². The van der Waals surface area contributed by atoms with Gasteiger partial charge in [-0.05, 0) is 25.2 Å². The lowest BCUT2D eigenvalue weighted by atomic mass is 10.0. The zero-order valence-electron chi connectivity index (χ0n) is 36.0. The molecule has 0 bridgehead atoms. The van der Waals surface area contributed by atoms with Crippen molar-refractivity contribution >= 4 is 17.9 Å². The summed E-state index contributed by atoms with van der Waals surface area (Å²) in [6.07, 6.45) is 41.0. The molecule has 53 heavy (non-hydrogen) atoms. The van der Waals surface area contributed by atoms with Crippen LogP contribution in [0.15, 0.2) is 0 Å². The van der Waals surface area contributed by atoms with Gasteiger partial charge in [0.15, 0.2) is 6.10 Å². The van der Waals surface area contributed by atoms with Gasteiger partial charge in [-0.3, -0.25) is 14.4 Å². The fourth-order valence-electron chi connectivity index (χ4n) is 6.98. The quantitative estimate of drug-likeness (QED) is 0.0351. The van der Waals surface area contributed by atoms with Crippen molar-refractivity contribution in [3.05, 3.63) is 0 Å². The van der Waals surface area contributed by atoms with Gasteiger partial charge in [-0.15, -0.1) is 0 Å². The first-order chi connectivity index (χ1) is 25.9. The molecule has 0 radical (unpaired) electrons. The van der Waals surface area contributed by atoms with Crippen LogP contribution in [0.4, 0.5) is 0 Å². The highest BCUT2D eigenvalue weighted by Crippen LogP contribution is 2.16. The highest BCUT2D eigenvalue weighted by molar-refractivity contribution is 5.71. The number of esters is 3. The topological polar surface area (TPSA) is 78.9 Å². The van der Waals surface area contributed by atoms with Crippen LogP contribution in [0.1, 0.15) is 259 Å². The summed E-state index contributed by atoms with van der Waals surface area (Å²) in [5, 5.41) is 0. The maximum Gasteiger partial charge on any atom is 0.306 e. The van der Waals surface area contributed by atoms with Crippen LogP contribution in [0.2, 0.25) is 0 Å². The van der Waals surface area contributed by atoms with Crippen LogP contribution < -0.4 is 0 Å².